The first kappa shape index (κ1) is 20.0. The summed E-state index contributed by atoms with van der Waals surface area (Å²) in [6.45, 7) is -0.0952. The lowest BCUT2D eigenvalue weighted by Gasteiger charge is -2.11. The first-order valence-electron chi connectivity index (χ1n) is 9.84. The van der Waals surface area contributed by atoms with E-state index in [4.69, 9.17) is 0 Å². The van der Waals surface area contributed by atoms with Crippen molar-refractivity contribution in [3.63, 3.8) is 0 Å². The highest BCUT2D eigenvalue weighted by Crippen LogP contribution is 2.13. The number of carbonyl (C=O) groups excluding carboxylic acids is 1. The summed E-state index contributed by atoms with van der Waals surface area (Å²) >= 11 is 0. The van der Waals surface area contributed by atoms with Crippen molar-refractivity contribution in [3.8, 4) is 6.07 Å². The van der Waals surface area contributed by atoms with Gasteiger partial charge >= 0.3 is 5.69 Å². The largest absolute Gasteiger partial charge is 0.331 e. The smallest absolute Gasteiger partial charge is 0.296 e. The summed E-state index contributed by atoms with van der Waals surface area (Å²) < 4.78 is 2.19. The fraction of sp³-hybridized carbons (Fsp3) is 0.174. The first-order valence-corrected chi connectivity index (χ1v) is 9.84. The van der Waals surface area contributed by atoms with Gasteiger partial charge in [0.15, 0.2) is 0 Å². The molecule has 4 rings (SSSR count). The fourth-order valence-electron chi connectivity index (χ4n) is 3.67. The van der Waals surface area contributed by atoms with Crippen molar-refractivity contribution >= 4 is 11.6 Å². The Morgan fingerprint density at radius 2 is 1.65 bits per heavy atom. The Kier molecular flexibility index (Phi) is 5.58. The molecule has 0 bridgehead atoms. The molecular weight excluding hydrogens is 394 g/mol. The Bertz CT molecular complexity index is 1270. The zero-order valence-corrected chi connectivity index (χ0v) is 16.6. The normalized spacial score (nSPS) is 12.0. The van der Waals surface area contributed by atoms with Gasteiger partial charge in [0.2, 0.25) is 0 Å². The second-order valence-corrected chi connectivity index (χ2v) is 7.09. The van der Waals surface area contributed by atoms with Gasteiger partial charge in [-0.25, -0.2) is 14.8 Å². The van der Waals surface area contributed by atoms with Crippen molar-refractivity contribution in [3.05, 3.63) is 104 Å². The number of nitrogens with zero attached hydrogens (tertiary/aromatic N) is 4. The van der Waals surface area contributed by atoms with Crippen molar-refractivity contribution in [1.29, 1.82) is 5.26 Å². The Labute approximate surface area is 177 Å². The van der Waals surface area contributed by atoms with Gasteiger partial charge in [-0.3, -0.25) is 14.2 Å². The summed E-state index contributed by atoms with van der Waals surface area (Å²) in [5, 5.41) is 13.6. The van der Waals surface area contributed by atoms with Crippen molar-refractivity contribution in [1.82, 2.24) is 14.6 Å². The van der Waals surface area contributed by atoms with Gasteiger partial charge in [-0.1, -0.05) is 60.7 Å². The average Bonchev–Trinajstić information content (AvgIpc) is 3.28. The monoisotopic (exact) mass is 413 g/mol. The summed E-state index contributed by atoms with van der Waals surface area (Å²) in [6.07, 6.45) is 1.18. The van der Waals surface area contributed by atoms with Crippen LogP contribution in [0.3, 0.4) is 0 Å². The minimum atomic E-state index is -0.744. The van der Waals surface area contributed by atoms with Crippen LogP contribution >= 0.6 is 0 Å². The first-order chi connectivity index (χ1) is 15.1. The van der Waals surface area contributed by atoms with E-state index in [-0.39, 0.29) is 5.56 Å². The van der Waals surface area contributed by atoms with Crippen LogP contribution in [-0.4, -0.2) is 20.8 Å². The number of hydrogen-bond acceptors (Lipinski definition) is 5. The van der Waals surface area contributed by atoms with E-state index in [1.165, 1.54) is 4.57 Å². The molecule has 1 aromatic heterocycles. The standard InChI is InChI=1S/C23H19N5O3/c24-14-18-19-12-7-13-27(19)23(31)28(22(18)30)15-20(29)25-26-21(16-8-3-1-4-9-16)17-10-5-2-6-11-17/h1-6,8-11H,7,12-13,15H2,(H,25,29). The van der Waals surface area contributed by atoms with E-state index in [2.05, 4.69) is 10.5 Å². The number of benzene rings is 2. The highest BCUT2D eigenvalue weighted by molar-refractivity contribution is 6.13. The molecule has 8 nitrogen and oxygen atoms in total. The van der Waals surface area contributed by atoms with Gasteiger partial charge in [-0.2, -0.15) is 10.4 Å². The number of rotatable bonds is 5. The number of carbonyl (C=O) groups is 1. The number of fused-ring (bicyclic) bond motifs is 1. The van der Waals surface area contributed by atoms with E-state index < -0.39 is 23.7 Å². The molecule has 0 unspecified atom stereocenters. The van der Waals surface area contributed by atoms with E-state index in [1.54, 1.807) is 0 Å². The average molecular weight is 413 g/mol. The molecule has 0 spiro atoms. The van der Waals surface area contributed by atoms with Crippen LogP contribution in [0.4, 0.5) is 0 Å². The zero-order valence-electron chi connectivity index (χ0n) is 16.6. The molecule has 31 heavy (non-hydrogen) atoms. The molecular formula is C23H19N5O3. The van der Waals surface area contributed by atoms with Crippen molar-refractivity contribution in [2.24, 2.45) is 5.10 Å². The fourth-order valence-corrected chi connectivity index (χ4v) is 3.67. The Morgan fingerprint density at radius 3 is 2.23 bits per heavy atom. The maximum atomic E-state index is 12.7. The topological polar surface area (TPSA) is 109 Å². The number of nitriles is 1. The van der Waals surface area contributed by atoms with Gasteiger partial charge in [0.25, 0.3) is 11.5 Å². The third-order valence-electron chi connectivity index (χ3n) is 5.13. The molecule has 0 saturated heterocycles. The Balaban J connectivity index is 1.64. The van der Waals surface area contributed by atoms with Crippen LogP contribution in [0.1, 0.15) is 28.8 Å². The summed E-state index contributed by atoms with van der Waals surface area (Å²) in [5.74, 6) is -0.633. The van der Waals surface area contributed by atoms with Gasteiger partial charge in [0.05, 0.1) is 5.71 Å². The second-order valence-electron chi connectivity index (χ2n) is 7.09. The molecule has 2 heterocycles. The molecule has 2 aromatic carbocycles. The van der Waals surface area contributed by atoms with Crippen LogP contribution in [0.5, 0.6) is 0 Å². The number of aromatic nitrogens is 2. The van der Waals surface area contributed by atoms with Crippen LogP contribution in [0, 0.1) is 11.3 Å². The maximum absolute atomic E-state index is 12.7. The summed E-state index contributed by atoms with van der Waals surface area (Å²) in [5.41, 5.74) is 3.64. The molecule has 1 N–H and O–H groups in total. The van der Waals surface area contributed by atoms with E-state index >= 15 is 0 Å². The Hall–Kier alpha value is -4.25. The van der Waals surface area contributed by atoms with Gasteiger partial charge < -0.3 is 0 Å². The van der Waals surface area contributed by atoms with Crippen molar-refractivity contribution in [2.75, 3.05) is 0 Å². The predicted octanol–water partition coefficient (Wildman–Crippen LogP) is 1.40. The van der Waals surface area contributed by atoms with E-state index in [0.29, 0.717) is 30.8 Å². The molecule has 0 aliphatic carbocycles. The zero-order chi connectivity index (χ0) is 21.8. The third kappa shape index (κ3) is 3.94. The predicted molar refractivity (Wildman–Crippen MR) is 115 cm³/mol. The second kappa shape index (κ2) is 8.63. The molecule has 1 aliphatic heterocycles. The number of hydrogen-bond donors (Lipinski definition) is 1. The van der Waals surface area contributed by atoms with Crippen LogP contribution < -0.4 is 16.7 Å². The lowest BCUT2D eigenvalue weighted by molar-refractivity contribution is -0.121. The van der Waals surface area contributed by atoms with E-state index in [0.717, 1.165) is 15.7 Å². The third-order valence-corrected chi connectivity index (χ3v) is 5.13. The van der Waals surface area contributed by atoms with Gasteiger partial charge in [-0.15, -0.1) is 0 Å². The number of amides is 1. The minimum Gasteiger partial charge on any atom is -0.296 e. The molecule has 8 heteroatoms. The van der Waals surface area contributed by atoms with Crippen LogP contribution in [0.2, 0.25) is 0 Å². The van der Waals surface area contributed by atoms with Crippen LogP contribution in [0.25, 0.3) is 0 Å². The summed E-state index contributed by atoms with van der Waals surface area (Å²) in [7, 11) is 0. The van der Waals surface area contributed by atoms with Crippen LogP contribution in [-0.2, 0) is 24.3 Å². The Morgan fingerprint density at radius 1 is 1.03 bits per heavy atom. The molecule has 0 radical (unpaired) electrons. The highest BCUT2D eigenvalue weighted by Gasteiger charge is 2.23. The molecule has 0 atom stereocenters. The summed E-state index contributed by atoms with van der Waals surface area (Å²) in [4.78, 5) is 37.9. The van der Waals surface area contributed by atoms with Gasteiger partial charge in [0.1, 0.15) is 18.2 Å². The van der Waals surface area contributed by atoms with E-state index in [1.807, 2.05) is 66.7 Å². The summed E-state index contributed by atoms with van der Waals surface area (Å²) in [6, 6.07) is 20.6. The van der Waals surface area contributed by atoms with Gasteiger partial charge in [0, 0.05) is 23.4 Å². The molecule has 1 aliphatic rings. The molecule has 0 saturated carbocycles. The number of nitrogens with one attached hydrogen (secondary N) is 1. The molecule has 1 amide bonds. The SMILES string of the molecule is N#Cc1c2n(c(=O)n(CC(=O)NN=C(c3ccccc3)c3ccccc3)c1=O)CCC2. The minimum absolute atomic E-state index is 0.0809. The lowest BCUT2D eigenvalue weighted by Crippen LogP contribution is -2.44. The maximum Gasteiger partial charge on any atom is 0.331 e. The number of hydrazone groups is 1. The molecule has 3 aromatic rings. The molecule has 154 valence electrons. The van der Waals surface area contributed by atoms with Crippen molar-refractivity contribution in [2.45, 2.75) is 25.9 Å². The van der Waals surface area contributed by atoms with Crippen molar-refractivity contribution < 1.29 is 4.79 Å². The highest BCUT2D eigenvalue weighted by atomic mass is 16.2. The lowest BCUT2D eigenvalue weighted by atomic mass is 10.0. The van der Waals surface area contributed by atoms with Crippen LogP contribution in [0.15, 0.2) is 75.4 Å². The molecule has 0 fully saturated rings. The quantitative estimate of drug-likeness (QED) is 0.504. The van der Waals surface area contributed by atoms with Gasteiger partial charge in [-0.05, 0) is 12.8 Å². The van der Waals surface area contributed by atoms with E-state index in [9.17, 15) is 19.6 Å².